The summed E-state index contributed by atoms with van der Waals surface area (Å²) in [6.07, 6.45) is 0.866. The Morgan fingerprint density at radius 2 is 1.69 bits per heavy atom. The number of carbonyl (C=O) groups excluding carboxylic acids is 2. The zero-order valence-electron chi connectivity index (χ0n) is 16.6. The molecule has 3 heterocycles. The summed E-state index contributed by atoms with van der Waals surface area (Å²) < 4.78 is 16.3. The third-order valence-corrected chi connectivity index (χ3v) is 6.08. The molecule has 3 aliphatic rings. The van der Waals surface area contributed by atoms with Gasteiger partial charge < -0.3 is 23.7 Å². The van der Waals surface area contributed by atoms with Gasteiger partial charge in [0.05, 0.1) is 5.56 Å². The Morgan fingerprint density at radius 3 is 2.41 bits per heavy atom. The van der Waals surface area contributed by atoms with E-state index in [1.807, 2.05) is 41.8 Å². The molecular weight excluding hydrogens is 372 g/mol. The summed E-state index contributed by atoms with van der Waals surface area (Å²) in [5.41, 5.74) is 1.75. The van der Waals surface area contributed by atoms with Crippen molar-refractivity contribution in [3.8, 4) is 11.5 Å². The minimum Gasteiger partial charge on any atom is -0.466 e. The lowest BCUT2D eigenvalue weighted by Crippen LogP contribution is -2.51. The average molecular weight is 396 g/mol. The molecule has 1 aromatic carbocycles. The molecule has 2 aromatic rings. The van der Waals surface area contributed by atoms with Crippen LogP contribution >= 0.6 is 0 Å². The van der Waals surface area contributed by atoms with Gasteiger partial charge in [0.2, 0.25) is 12.7 Å². The maximum atomic E-state index is 12.9. The van der Waals surface area contributed by atoms with Crippen LogP contribution in [0.25, 0.3) is 0 Å². The fraction of sp³-hybridized carbons (Fsp3) is 0.455. The van der Waals surface area contributed by atoms with Gasteiger partial charge in [-0.1, -0.05) is 6.07 Å². The number of fused-ring (bicyclic) bond motifs is 1. The first-order valence-corrected chi connectivity index (χ1v) is 10.1. The fourth-order valence-corrected chi connectivity index (χ4v) is 4.36. The molecule has 7 nitrogen and oxygen atoms in total. The van der Waals surface area contributed by atoms with E-state index >= 15 is 0 Å². The van der Waals surface area contributed by atoms with E-state index in [0.717, 1.165) is 29.2 Å². The summed E-state index contributed by atoms with van der Waals surface area (Å²) in [5.74, 6) is 3.35. The lowest BCUT2D eigenvalue weighted by Gasteiger charge is -2.35. The quantitative estimate of drug-likeness (QED) is 0.798. The van der Waals surface area contributed by atoms with Gasteiger partial charge in [0, 0.05) is 32.1 Å². The maximum Gasteiger partial charge on any atom is 0.257 e. The summed E-state index contributed by atoms with van der Waals surface area (Å²) in [5, 5.41) is 0. The second-order valence-corrected chi connectivity index (χ2v) is 8.01. The largest absolute Gasteiger partial charge is 0.466 e. The Kier molecular flexibility index (Phi) is 4.26. The number of hydrogen-bond acceptors (Lipinski definition) is 5. The van der Waals surface area contributed by atoms with Crippen LogP contribution < -0.4 is 9.47 Å². The number of benzene rings is 1. The smallest absolute Gasteiger partial charge is 0.257 e. The second-order valence-electron chi connectivity index (χ2n) is 8.01. The zero-order chi connectivity index (χ0) is 20.1. The van der Waals surface area contributed by atoms with Crippen molar-refractivity contribution in [1.29, 1.82) is 0 Å². The summed E-state index contributed by atoms with van der Waals surface area (Å²) in [4.78, 5) is 29.4. The van der Waals surface area contributed by atoms with Crippen LogP contribution in [-0.4, -0.2) is 54.6 Å². The maximum absolute atomic E-state index is 12.9. The summed E-state index contributed by atoms with van der Waals surface area (Å²) >= 11 is 0. The molecule has 2 fully saturated rings. The third-order valence-electron chi connectivity index (χ3n) is 6.08. The molecule has 0 bridgehead atoms. The Bertz CT molecular complexity index is 974. The predicted molar refractivity (Wildman–Crippen MR) is 104 cm³/mol. The molecule has 29 heavy (non-hydrogen) atoms. The van der Waals surface area contributed by atoms with Crippen molar-refractivity contribution >= 4 is 11.8 Å². The lowest BCUT2D eigenvalue weighted by molar-refractivity contribution is -0.134. The Hall–Kier alpha value is -2.96. The van der Waals surface area contributed by atoms with Gasteiger partial charge in [-0.25, -0.2) is 0 Å². The van der Waals surface area contributed by atoms with Crippen LogP contribution in [0.4, 0.5) is 0 Å². The van der Waals surface area contributed by atoms with Crippen molar-refractivity contribution in [2.24, 2.45) is 5.92 Å². The molecule has 0 N–H and O–H groups in total. The van der Waals surface area contributed by atoms with Crippen molar-refractivity contribution in [3.05, 3.63) is 46.9 Å². The highest BCUT2D eigenvalue weighted by Gasteiger charge is 2.46. The molecule has 1 saturated heterocycles. The highest BCUT2D eigenvalue weighted by atomic mass is 16.7. The van der Waals surface area contributed by atoms with Gasteiger partial charge in [0.1, 0.15) is 11.5 Å². The number of furan rings is 1. The van der Waals surface area contributed by atoms with Gasteiger partial charge in [-0.15, -0.1) is 0 Å². The fourth-order valence-electron chi connectivity index (χ4n) is 4.36. The number of rotatable bonds is 3. The summed E-state index contributed by atoms with van der Waals surface area (Å²) in [6.45, 7) is 6.16. The number of aryl methyl sites for hydroxylation is 2. The SMILES string of the molecule is Cc1cc(C(=O)N2CCN(C(=O)C3CC3c3ccc4c(c3)OCO4)CC2)c(C)o1. The van der Waals surface area contributed by atoms with Gasteiger partial charge in [-0.3, -0.25) is 9.59 Å². The first-order valence-electron chi connectivity index (χ1n) is 10.1. The van der Waals surface area contributed by atoms with Gasteiger partial charge in [-0.05, 0) is 49.9 Å². The Balaban J connectivity index is 1.18. The van der Waals surface area contributed by atoms with Crippen LogP contribution in [0.2, 0.25) is 0 Å². The first kappa shape index (κ1) is 18.1. The molecule has 2 aliphatic heterocycles. The first-order chi connectivity index (χ1) is 14.0. The molecule has 1 aromatic heterocycles. The van der Waals surface area contributed by atoms with Crippen LogP contribution in [0, 0.1) is 19.8 Å². The van der Waals surface area contributed by atoms with Crippen molar-refractivity contribution in [2.45, 2.75) is 26.2 Å². The number of nitrogens with zero attached hydrogens (tertiary/aromatic N) is 2. The monoisotopic (exact) mass is 396 g/mol. The van der Waals surface area contributed by atoms with Crippen molar-refractivity contribution < 1.29 is 23.5 Å². The minimum atomic E-state index is -0.0175. The number of carbonyl (C=O) groups is 2. The second kappa shape index (κ2) is 6.83. The molecule has 152 valence electrons. The van der Waals surface area contributed by atoms with E-state index in [2.05, 4.69) is 0 Å². The van der Waals surface area contributed by atoms with E-state index in [9.17, 15) is 9.59 Å². The van der Waals surface area contributed by atoms with E-state index in [1.54, 1.807) is 6.07 Å². The number of hydrogen-bond donors (Lipinski definition) is 0. The molecule has 7 heteroatoms. The normalized spacial score (nSPS) is 22.7. The van der Waals surface area contributed by atoms with Crippen LogP contribution in [0.15, 0.2) is 28.7 Å². The van der Waals surface area contributed by atoms with E-state index in [-0.39, 0.29) is 30.4 Å². The lowest BCUT2D eigenvalue weighted by atomic mass is 10.1. The highest BCUT2D eigenvalue weighted by molar-refractivity contribution is 5.95. The van der Waals surface area contributed by atoms with Gasteiger partial charge in [-0.2, -0.15) is 0 Å². The van der Waals surface area contributed by atoms with Gasteiger partial charge in [0.15, 0.2) is 11.5 Å². The van der Waals surface area contributed by atoms with Crippen molar-refractivity contribution in [1.82, 2.24) is 9.80 Å². The molecule has 5 rings (SSSR count). The molecule has 2 atom stereocenters. The van der Waals surface area contributed by atoms with Gasteiger partial charge >= 0.3 is 0 Å². The standard InChI is InChI=1S/C22H24N2O5/c1-13-9-16(14(2)29-13)21(25)23-5-7-24(8-6-23)22(26)18-11-17(18)15-3-4-19-20(10-15)28-12-27-19/h3-4,9-10,17-18H,5-8,11-12H2,1-2H3. The summed E-state index contributed by atoms with van der Waals surface area (Å²) in [7, 11) is 0. The van der Waals surface area contributed by atoms with Crippen LogP contribution in [-0.2, 0) is 4.79 Å². The number of ether oxygens (including phenoxy) is 2. The zero-order valence-corrected chi connectivity index (χ0v) is 16.6. The van der Waals surface area contributed by atoms with E-state index in [4.69, 9.17) is 13.9 Å². The van der Waals surface area contributed by atoms with E-state index in [0.29, 0.717) is 37.5 Å². The molecule has 1 aliphatic carbocycles. The van der Waals surface area contributed by atoms with Crippen LogP contribution in [0.5, 0.6) is 11.5 Å². The van der Waals surface area contributed by atoms with Gasteiger partial charge in [0.25, 0.3) is 5.91 Å². The summed E-state index contributed by atoms with van der Waals surface area (Å²) in [6, 6.07) is 7.72. The molecule has 0 radical (unpaired) electrons. The van der Waals surface area contributed by atoms with Crippen LogP contribution in [0.3, 0.4) is 0 Å². The predicted octanol–water partition coefficient (Wildman–Crippen LogP) is 2.71. The topological polar surface area (TPSA) is 72.2 Å². The molecule has 0 spiro atoms. The number of amides is 2. The number of piperazine rings is 1. The molecule has 1 saturated carbocycles. The van der Waals surface area contributed by atoms with Crippen molar-refractivity contribution in [3.63, 3.8) is 0 Å². The minimum absolute atomic E-state index is 0.0175. The highest BCUT2D eigenvalue weighted by Crippen LogP contribution is 2.50. The van der Waals surface area contributed by atoms with E-state index < -0.39 is 0 Å². The third kappa shape index (κ3) is 3.24. The molecule has 2 amide bonds. The molecular formula is C22H24N2O5. The molecule has 2 unspecified atom stereocenters. The average Bonchev–Trinajstić information content (AvgIpc) is 3.26. The Labute approximate surface area is 169 Å². The van der Waals surface area contributed by atoms with Crippen molar-refractivity contribution in [2.75, 3.05) is 33.0 Å². The van der Waals surface area contributed by atoms with Crippen LogP contribution in [0.1, 0.15) is 39.8 Å². The Morgan fingerprint density at radius 1 is 0.966 bits per heavy atom. The van der Waals surface area contributed by atoms with E-state index in [1.165, 1.54) is 0 Å².